The molecule has 0 aromatic heterocycles. The molecule has 0 aliphatic heterocycles. The highest BCUT2D eigenvalue weighted by atomic mass is 16.6. The van der Waals surface area contributed by atoms with E-state index in [9.17, 15) is 14.4 Å². The molecule has 0 aliphatic rings. The van der Waals surface area contributed by atoms with E-state index in [1.165, 1.54) is 295 Å². The smallest absolute Gasteiger partial charge is 0.306 e. The van der Waals surface area contributed by atoms with Gasteiger partial charge in [0.1, 0.15) is 13.2 Å². The first-order chi connectivity index (χ1) is 40.5. The van der Waals surface area contributed by atoms with E-state index in [4.69, 9.17) is 14.2 Å². The van der Waals surface area contributed by atoms with Crippen molar-refractivity contribution in [3.63, 3.8) is 0 Å². The lowest BCUT2D eigenvalue weighted by atomic mass is 10.0. The Kier molecular flexibility index (Phi) is 69.1. The second-order valence-corrected chi connectivity index (χ2v) is 25.2. The molecule has 1 atom stereocenters. The molecular weight excluding hydrogens is 1010 g/mol. The van der Waals surface area contributed by atoms with Crippen LogP contribution < -0.4 is 0 Å². The maximum atomic E-state index is 12.9. The molecule has 0 saturated heterocycles. The first-order valence-corrected chi connectivity index (χ1v) is 37.0. The van der Waals surface area contributed by atoms with Gasteiger partial charge >= 0.3 is 17.9 Å². The summed E-state index contributed by atoms with van der Waals surface area (Å²) in [5, 5.41) is 0. The molecule has 482 valence electrons. The maximum Gasteiger partial charge on any atom is 0.306 e. The van der Waals surface area contributed by atoms with Crippen LogP contribution in [0.1, 0.15) is 412 Å². The summed E-state index contributed by atoms with van der Waals surface area (Å²) in [5.41, 5.74) is 0. The van der Waals surface area contributed by atoms with Gasteiger partial charge in [0.25, 0.3) is 0 Å². The molecule has 6 nitrogen and oxygen atoms in total. The summed E-state index contributed by atoms with van der Waals surface area (Å²) < 4.78 is 17.0. The Morgan fingerprint density at radius 2 is 0.463 bits per heavy atom. The van der Waals surface area contributed by atoms with Crippen LogP contribution in [-0.2, 0) is 28.6 Å². The molecule has 0 aliphatic carbocycles. The van der Waals surface area contributed by atoms with Gasteiger partial charge in [-0.2, -0.15) is 0 Å². The van der Waals surface area contributed by atoms with Crippen LogP contribution in [0.4, 0.5) is 0 Å². The van der Waals surface area contributed by atoms with Gasteiger partial charge in [0.2, 0.25) is 0 Å². The van der Waals surface area contributed by atoms with Crippen LogP contribution >= 0.6 is 0 Å². The van der Waals surface area contributed by atoms with Gasteiger partial charge in [-0.15, -0.1) is 0 Å². The van der Waals surface area contributed by atoms with Gasteiger partial charge in [0, 0.05) is 19.3 Å². The van der Waals surface area contributed by atoms with E-state index in [2.05, 4.69) is 57.2 Å². The number of unbranched alkanes of at least 4 members (excludes halogenated alkanes) is 52. The lowest BCUT2D eigenvalue weighted by Gasteiger charge is -2.18. The zero-order valence-corrected chi connectivity index (χ0v) is 55.5. The summed E-state index contributed by atoms with van der Waals surface area (Å²) in [7, 11) is 0. The van der Waals surface area contributed by atoms with Gasteiger partial charge in [0.05, 0.1) is 0 Å². The zero-order chi connectivity index (χ0) is 59.2. The molecule has 0 heterocycles. The summed E-state index contributed by atoms with van der Waals surface area (Å²) in [6.45, 7) is 6.63. The van der Waals surface area contributed by atoms with E-state index >= 15 is 0 Å². The van der Waals surface area contributed by atoms with Crippen molar-refractivity contribution in [2.24, 2.45) is 0 Å². The topological polar surface area (TPSA) is 78.9 Å². The number of hydrogen-bond acceptors (Lipinski definition) is 6. The third-order valence-corrected chi connectivity index (χ3v) is 16.8. The Balaban J connectivity index is 4.08. The van der Waals surface area contributed by atoms with Gasteiger partial charge in [-0.1, -0.05) is 359 Å². The quantitative estimate of drug-likeness (QED) is 0.0261. The fourth-order valence-corrected chi connectivity index (χ4v) is 11.3. The van der Waals surface area contributed by atoms with Crippen molar-refractivity contribution < 1.29 is 28.6 Å². The van der Waals surface area contributed by atoms with Crippen LogP contribution in [0.25, 0.3) is 0 Å². The molecule has 6 heteroatoms. The number of carbonyl (C=O) groups is 3. The van der Waals surface area contributed by atoms with E-state index in [0.29, 0.717) is 19.3 Å². The molecule has 0 saturated carbocycles. The van der Waals surface area contributed by atoms with Gasteiger partial charge in [-0.3, -0.25) is 14.4 Å². The predicted octanol–water partition coefficient (Wildman–Crippen LogP) is 25.5. The Hall–Kier alpha value is -2.37. The molecule has 82 heavy (non-hydrogen) atoms. The monoisotopic (exact) mass is 1150 g/mol. The lowest BCUT2D eigenvalue weighted by Crippen LogP contribution is -2.30. The first kappa shape index (κ1) is 79.6. The van der Waals surface area contributed by atoms with Crippen LogP contribution in [0.3, 0.4) is 0 Å². The van der Waals surface area contributed by atoms with Gasteiger partial charge in [-0.25, -0.2) is 0 Å². The SMILES string of the molecule is CCC/C=C\CCCCCCCC(=O)OCC(COC(=O)CCCCCCCCCCCCCCCCCCCCCCCCCCCCCCCCC)OC(=O)CCCCCCCCCCCCC/C=C\C/C=C\CCCCCCC. The van der Waals surface area contributed by atoms with Crippen molar-refractivity contribution in [2.45, 2.75) is 419 Å². The van der Waals surface area contributed by atoms with Crippen LogP contribution in [-0.4, -0.2) is 37.2 Å². The standard InChI is InChI=1S/C76H142O6/c1-4-7-10-13-16-19-22-24-26-28-30-32-34-35-36-37-38-39-40-41-43-44-46-48-50-52-54-57-60-63-66-69-75(78)81-72-73(71-80-74(77)68-65-62-59-56-21-18-15-12-9-6-3)82-76(79)70-67-64-61-58-55-53-51-49-47-45-42-33-31-29-27-25-23-20-17-14-11-8-5-2/h12,15,23,25,29,31,73H,4-11,13-14,16-22,24,26-28,30,32-72H2,1-3H3/b15-12-,25-23-,31-29-. The fraction of sp³-hybridized carbons (Fsp3) is 0.882. The number of rotatable bonds is 69. The summed E-state index contributed by atoms with van der Waals surface area (Å²) in [4.78, 5) is 38.3. The molecule has 0 amide bonds. The molecular formula is C76H142O6. The van der Waals surface area contributed by atoms with E-state index in [1.807, 2.05) is 0 Å². The van der Waals surface area contributed by atoms with Crippen molar-refractivity contribution in [1.29, 1.82) is 0 Å². The van der Waals surface area contributed by atoms with Crippen LogP contribution in [0.15, 0.2) is 36.5 Å². The molecule has 0 radical (unpaired) electrons. The summed E-state index contributed by atoms with van der Waals surface area (Å²) in [6, 6.07) is 0. The molecule has 0 aromatic carbocycles. The minimum Gasteiger partial charge on any atom is -0.462 e. The van der Waals surface area contributed by atoms with Gasteiger partial charge < -0.3 is 14.2 Å². The van der Waals surface area contributed by atoms with Crippen molar-refractivity contribution in [3.05, 3.63) is 36.5 Å². The predicted molar refractivity (Wildman–Crippen MR) is 358 cm³/mol. The van der Waals surface area contributed by atoms with E-state index in [-0.39, 0.29) is 31.1 Å². The second-order valence-electron chi connectivity index (χ2n) is 25.2. The number of esters is 3. The average Bonchev–Trinajstić information content (AvgIpc) is 3.48. The lowest BCUT2D eigenvalue weighted by molar-refractivity contribution is -0.167. The fourth-order valence-electron chi connectivity index (χ4n) is 11.3. The molecule has 0 spiro atoms. The Morgan fingerprint density at radius 1 is 0.244 bits per heavy atom. The Labute approximate surface area is 512 Å². The molecule has 0 aromatic rings. The van der Waals surface area contributed by atoms with Crippen molar-refractivity contribution in [2.75, 3.05) is 13.2 Å². The molecule has 0 rings (SSSR count). The van der Waals surface area contributed by atoms with Crippen molar-refractivity contribution >= 4 is 17.9 Å². The van der Waals surface area contributed by atoms with Crippen LogP contribution in [0.5, 0.6) is 0 Å². The molecule has 0 fully saturated rings. The third-order valence-electron chi connectivity index (χ3n) is 16.8. The Morgan fingerprint density at radius 3 is 0.732 bits per heavy atom. The van der Waals surface area contributed by atoms with E-state index in [1.54, 1.807) is 0 Å². The number of ether oxygens (including phenoxy) is 3. The van der Waals surface area contributed by atoms with Crippen LogP contribution in [0, 0.1) is 0 Å². The molecule has 0 N–H and O–H groups in total. The normalized spacial score (nSPS) is 12.2. The average molecular weight is 1150 g/mol. The number of allylic oxidation sites excluding steroid dienone is 6. The maximum absolute atomic E-state index is 12.9. The van der Waals surface area contributed by atoms with Gasteiger partial charge in [0.15, 0.2) is 6.10 Å². The zero-order valence-electron chi connectivity index (χ0n) is 55.5. The van der Waals surface area contributed by atoms with Gasteiger partial charge in [-0.05, 0) is 70.6 Å². The Bertz CT molecular complexity index is 1370. The van der Waals surface area contributed by atoms with Crippen molar-refractivity contribution in [1.82, 2.24) is 0 Å². The highest BCUT2D eigenvalue weighted by Crippen LogP contribution is 2.19. The highest BCUT2D eigenvalue weighted by Gasteiger charge is 2.19. The molecule has 0 bridgehead atoms. The van der Waals surface area contributed by atoms with Crippen LogP contribution in [0.2, 0.25) is 0 Å². The second kappa shape index (κ2) is 71.1. The largest absolute Gasteiger partial charge is 0.462 e. The minimum atomic E-state index is -0.775. The van der Waals surface area contributed by atoms with Crippen molar-refractivity contribution in [3.8, 4) is 0 Å². The number of hydrogen-bond donors (Lipinski definition) is 0. The highest BCUT2D eigenvalue weighted by molar-refractivity contribution is 5.71. The third kappa shape index (κ3) is 68.4. The molecule has 1 unspecified atom stereocenters. The van der Waals surface area contributed by atoms with E-state index < -0.39 is 6.10 Å². The van der Waals surface area contributed by atoms with E-state index in [0.717, 1.165) is 77.0 Å². The minimum absolute atomic E-state index is 0.0710. The summed E-state index contributed by atoms with van der Waals surface area (Å²) in [6.07, 6.45) is 89.3. The number of carbonyl (C=O) groups excluding carboxylic acids is 3. The summed E-state index contributed by atoms with van der Waals surface area (Å²) in [5.74, 6) is -0.857. The summed E-state index contributed by atoms with van der Waals surface area (Å²) >= 11 is 0. The first-order valence-electron chi connectivity index (χ1n) is 37.0.